The van der Waals surface area contributed by atoms with E-state index in [1.54, 1.807) is 25.1 Å². The molecule has 1 aliphatic carbocycles. The van der Waals surface area contributed by atoms with Crippen LogP contribution in [-0.2, 0) is 4.74 Å². The Hall–Kier alpha value is -2.95. The van der Waals surface area contributed by atoms with Crippen LogP contribution in [0.4, 0.5) is 23.3 Å². The van der Waals surface area contributed by atoms with Gasteiger partial charge in [0.05, 0.1) is 37.5 Å². The fourth-order valence-corrected chi connectivity index (χ4v) is 4.89. The highest BCUT2D eigenvalue weighted by molar-refractivity contribution is 6.07. The number of anilines is 4. The molecule has 1 spiro atoms. The lowest BCUT2D eigenvalue weighted by Gasteiger charge is -2.34. The second-order valence-electron chi connectivity index (χ2n) is 10.5. The smallest absolute Gasteiger partial charge is 0.260 e. The monoisotopic (exact) mass is 496 g/mol. The van der Waals surface area contributed by atoms with Gasteiger partial charge < -0.3 is 35.4 Å². The highest BCUT2D eigenvalue weighted by Crippen LogP contribution is 2.54. The molecule has 1 saturated carbocycles. The van der Waals surface area contributed by atoms with E-state index in [9.17, 15) is 15.0 Å². The number of aromatic nitrogens is 2. The molecule has 10 nitrogen and oxygen atoms in total. The number of aliphatic hydroxyl groups excluding tert-OH is 2. The third kappa shape index (κ3) is 5.40. The van der Waals surface area contributed by atoms with Crippen LogP contribution in [0.2, 0.25) is 0 Å². The predicted octanol–water partition coefficient (Wildman–Crippen LogP) is 2.10. The van der Waals surface area contributed by atoms with Crippen molar-refractivity contribution in [3.05, 3.63) is 35.9 Å². The van der Waals surface area contributed by atoms with E-state index in [1.165, 1.54) is 12.8 Å². The molecule has 2 aromatic rings. The Balaban J connectivity index is 1.38. The van der Waals surface area contributed by atoms with Crippen LogP contribution in [-0.4, -0.2) is 84.2 Å². The Labute approximate surface area is 211 Å². The molecule has 4 heterocycles. The minimum atomic E-state index is -0.919. The number of nitrogens with zero attached hydrogens (tertiary/aromatic N) is 4. The van der Waals surface area contributed by atoms with Gasteiger partial charge in [0.25, 0.3) is 5.91 Å². The number of carbonyl (C=O) groups excluding carboxylic acids is 1. The van der Waals surface area contributed by atoms with Gasteiger partial charge in [-0.15, -0.1) is 0 Å². The number of rotatable bonds is 8. The number of piperidine rings is 1. The molecule has 194 valence electrons. The third-order valence-electron chi connectivity index (χ3n) is 7.64. The Morgan fingerprint density at radius 1 is 0.972 bits per heavy atom. The van der Waals surface area contributed by atoms with Gasteiger partial charge in [0.15, 0.2) is 0 Å². The van der Waals surface area contributed by atoms with Crippen LogP contribution in [0.15, 0.2) is 30.3 Å². The Morgan fingerprint density at radius 2 is 1.69 bits per heavy atom. The van der Waals surface area contributed by atoms with Crippen molar-refractivity contribution in [2.75, 3.05) is 73.0 Å². The molecule has 0 bridgehead atoms. The van der Waals surface area contributed by atoms with Crippen LogP contribution in [0, 0.1) is 5.41 Å². The molecular formula is C26H36N6O4. The SMILES string of the molecule is CC(CO)(CO)Nc1ccc(C(=O)Nc2cccc(N3CCOCC3)n2)c(N2CCC3(CC2)CC3)n1. The summed E-state index contributed by atoms with van der Waals surface area (Å²) in [6.45, 7) is 5.78. The van der Waals surface area contributed by atoms with Crippen LogP contribution in [0.25, 0.3) is 0 Å². The van der Waals surface area contributed by atoms with Crippen molar-refractivity contribution in [3.63, 3.8) is 0 Å². The lowest BCUT2D eigenvalue weighted by molar-refractivity contribution is 0.102. The number of morpholine rings is 1. The molecule has 2 aliphatic heterocycles. The number of nitrogens with one attached hydrogen (secondary N) is 2. The lowest BCUT2D eigenvalue weighted by atomic mass is 9.93. The molecule has 3 fully saturated rings. The largest absolute Gasteiger partial charge is 0.394 e. The van der Waals surface area contributed by atoms with E-state index in [2.05, 4.69) is 25.4 Å². The van der Waals surface area contributed by atoms with Crippen molar-refractivity contribution in [3.8, 4) is 0 Å². The van der Waals surface area contributed by atoms with Crippen molar-refractivity contribution in [1.82, 2.24) is 9.97 Å². The van der Waals surface area contributed by atoms with E-state index in [0.717, 1.165) is 44.8 Å². The average Bonchev–Trinajstić information content (AvgIpc) is 3.68. The first-order chi connectivity index (χ1) is 17.4. The van der Waals surface area contributed by atoms with Crippen LogP contribution in [0.3, 0.4) is 0 Å². The number of hydrogen-bond donors (Lipinski definition) is 4. The minimum Gasteiger partial charge on any atom is -0.394 e. The second kappa shape index (κ2) is 10.2. The summed E-state index contributed by atoms with van der Waals surface area (Å²) in [6, 6.07) is 9.09. The summed E-state index contributed by atoms with van der Waals surface area (Å²) < 4.78 is 5.43. The van der Waals surface area contributed by atoms with Gasteiger partial charge in [0.1, 0.15) is 23.3 Å². The highest BCUT2D eigenvalue weighted by Gasteiger charge is 2.45. The Bertz CT molecular complexity index is 1070. The molecular weight excluding hydrogens is 460 g/mol. The zero-order valence-corrected chi connectivity index (χ0v) is 20.9. The Morgan fingerprint density at radius 3 is 2.36 bits per heavy atom. The quantitative estimate of drug-likeness (QED) is 0.435. The second-order valence-corrected chi connectivity index (χ2v) is 10.5. The summed E-state index contributed by atoms with van der Waals surface area (Å²) in [7, 11) is 0. The number of carbonyl (C=O) groups is 1. The minimum absolute atomic E-state index is 0.250. The Kier molecular flexibility index (Phi) is 7.00. The van der Waals surface area contributed by atoms with Gasteiger partial charge in [-0.3, -0.25) is 4.79 Å². The summed E-state index contributed by atoms with van der Waals surface area (Å²) in [5.74, 6) is 2.14. The van der Waals surface area contributed by atoms with Crippen molar-refractivity contribution < 1.29 is 19.7 Å². The summed E-state index contributed by atoms with van der Waals surface area (Å²) in [6.07, 6.45) is 4.78. The summed E-state index contributed by atoms with van der Waals surface area (Å²) >= 11 is 0. The molecule has 0 unspecified atom stereocenters. The van der Waals surface area contributed by atoms with Crippen molar-refractivity contribution >= 4 is 29.2 Å². The van der Waals surface area contributed by atoms with E-state index < -0.39 is 5.54 Å². The van der Waals surface area contributed by atoms with E-state index in [4.69, 9.17) is 9.72 Å². The van der Waals surface area contributed by atoms with E-state index in [-0.39, 0.29) is 19.1 Å². The molecule has 36 heavy (non-hydrogen) atoms. The van der Waals surface area contributed by atoms with Gasteiger partial charge in [-0.25, -0.2) is 9.97 Å². The first kappa shape index (κ1) is 24.7. The third-order valence-corrected chi connectivity index (χ3v) is 7.64. The normalized spacial score (nSPS) is 19.3. The molecule has 10 heteroatoms. The predicted molar refractivity (Wildman–Crippen MR) is 139 cm³/mol. The van der Waals surface area contributed by atoms with Crippen LogP contribution >= 0.6 is 0 Å². The maximum absolute atomic E-state index is 13.5. The summed E-state index contributed by atoms with van der Waals surface area (Å²) in [5.41, 5.74) is 0.0450. The molecule has 0 atom stereocenters. The number of amides is 1. The van der Waals surface area contributed by atoms with Crippen LogP contribution in [0.1, 0.15) is 43.0 Å². The van der Waals surface area contributed by atoms with Crippen LogP contribution < -0.4 is 20.4 Å². The number of pyridine rings is 2. The topological polar surface area (TPSA) is 123 Å². The first-order valence-electron chi connectivity index (χ1n) is 12.8. The van der Waals surface area contributed by atoms with Gasteiger partial charge in [0, 0.05) is 26.2 Å². The van der Waals surface area contributed by atoms with Crippen molar-refractivity contribution in [2.45, 2.75) is 38.1 Å². The van der Waals surface area contributed by atoms with E-state index in [1.807, 2.05) is 12.1 Å². The zero-order valence-electron chi connectivity index (χ0n) is 20.9. The van der Waals surface area contributed by atoms with Gasteiger partial charge in [-0.2, -0.15) is 0 Å². The van der Waals surface area contributed by atoms with Gasteiger partial charge in [-0.1, -0.05) is 6.07 Å². The molecule has 4 N–H and O–H groups in total. The molecule has 0 radical (unpaired) electrons. The van der Waals surface area contributed by atoms with E-state index in [0.29, 0.717) is 41.6 Å². The first-order valence-corrected chi connectivity index (χ1v) is 12.8. The van der Waals surface area contributed by atoms with Crippen molar-refractivity contribution in [1.29, 1.82) is 0 Å². The van der Waals surface area contributed by atoms with Gasteiger partial charge in [-0.05, 0) is 62.3 Å². The zero-order chi connectivity index (χ0) is 25.2. The molecule has 0 aromatic carbocycles. The fourth-order valence-electron chi connectivity index (χ4n) is 4.89. The molecule has 2 saturated heterocycles. The molecule has 3 aliphatic rings. The maximum Gasteiger partial charge on any atom is 0.260 e. The average molecular weight is 497 g/mol. The van der Waals surface area contributed by atoms with Crippen molar-refractivity contribution in [2.24, 2.45) is 5.41 Å². The molecule has 5 rings (SSSR count). The maximum atomic E-state index is 13.5. The van der Waals surface area contributed by atoms with Gasteiger partial charge in [0.2, 0.25) is 0 Å². The number of ether oxygens (including phenoxy) is 1. The molecule has 2 aromatic heterocycles. The highest BCUT2D eigenvalue weighted by atomic mass is 16.5. The fraction of sp³-hybridized carbons (Fsp3) is 0.577. The van der Waals surface area contributed by atoms with Crippen LogP contribution in [0.5, 0.6) is 0 Å². The van der Waals surface area contributed by atoms with E-state index >= 15 is 0 Å². The lowest BCUT2D eigenvalue weighted by Crippen LogP contribution is -2.43. The standard InChI is InChI=1S/C26H36N6O4/c1-25(17-33,18-34)30-21-6-5-19(23(28-21)32-11-9-26(7-8-26)10-12-32)24(35)29-20-3-2-4-22(27-20)31-13-15-36-16-14-31/h2-6,33-34H,7-18H2,1H3,(H,28,30)(H,27,29,35). The van der Waals surface area contributed by atoms with Gasteiger partial charge >= 0.3 is 0 Å². The summed E-state index contributed by atoms with van der Waals surface area (Å²) in [4.78, 5) is 27.2. The summed E-state index contributed by atoms with van der Waals surface area (Å²) in [5, 5.41) is 25.5. The number of hydrogen-bond acceptors (Lipinski definition) is 9. The number of aliphatic hydroxyl groups is 2. The molecule has 1 amide bonds.